The van der Waals surface area contributed by atoms with E-state index in [0.29, 0.717) is 43.1 Å². The highest BCUT2D eigenvalue weighted by Gasteiger charge is 2.24. The summed E-state index contributed by atoms with van der Waals surface area (Å²) in [6.07, 6.45) is 1.57. The van der Waals surface area contributed by atoms with Crippen LogP contribution in [0, 0.1) is 11.6 Å². The van der Waals surface area contributed by atoms with E-state index in [9.17, 15) is 13.6 Å². The summed E-state index contributed by atoms with van der Waals surface area (Å²) in [5, 5.41) is 0. The molecule has 1 aliphatic rings. The summed E-state index contributed by atoms with van der Waals surface area (Å²) in [7, 11) is 0. The van der Waals surface area contributed by atoms with Crippen LogP contribution < -0.4 is 10.6 Å². The molecule has 25 heavy (non-hydrogen) atoms. The number of pyridine rings is 1. The largest absolute Gasteiger partial charge is 0.366 e. The Balaban J connectivity index is 1.67. The van der Waals surface area contributed by atoms with Gasteiger partial charge in [-0.05, 0) is 25.1 Å². The number of nitrogens with two attached hydrogens (primary N) is 1. The predicted molar refractivity (Wildman–Crippen MR) is 91.3 cm³/mol. The molecule has 1 saturated heterocycles. The molecule has 1 fully saturated rings. The molecule has 0 saturated carbocycles. The van der Waals surface area contributed by atoms with E-state index in [1.807, 2.05) is 6.92 Å². The van der Waals surface area contributed by atoms with Crippen molar-refractivity contribution in [1.82, 2.24) is 9.88 Å². The van der Waals surface area contributed by atoms with Crippen LogP contribution in [0.5, 0.6) is 0 Å². The van der Waals surface area contributed by atoms with Crippen molar-refractivity contribution in [3.05, 3.63) is 59.3 Å². The lowest BCUT2D eigenvalue weighted by atomic mass is 10.1. The molecular formula is C18H20F2N4O. The van der Waals surface area contributed by atoms with E-state index < -0.39 is 17.5 Å². The lowest BCUT2D eigenvalue weighted by Crippen LogP contribution is -2.47. The van der Waals surface area contributed by atoms with Gasteiger partial charge in [0, 0.05) is 55.6 Å². The molecule has 0 aliphatic carbocycles. The van der Waals surface area contributed by atoms with Crippen LogP contribution in [0.25, 0.3) is 0 Å². The van der Waals surface area contributed by atoms with E-state index in [-0.39, 0.29) is 6.04 Å². The van der Waals surface area contributed by atoms with Gasteiger partial charge in [0.2, 0.25) is 5.91 Å². The molecule has 7 heteroatoms. The highest BCUT2D eigenvalue weighted by Crippen LogP contribution is 2.25. The van der Waals surface area contributed by atoms with Crippen LogP contribution in [0.15, 0.2) is 36.5 Å². The molecule has 2 N–H and O–H groups in total. The first-order valence-electron chi connectivity index (χ1n) is 8.15. The maximum atomic E-state index is 14.0. The zero-order valence-corrected chi connectivity index (χ0v) is 14.0. The fourth-order valence-electron chi connectivity index (χ4n) is 3.12. The summed E-state index contributed by atoms with van der Waals surface area (Å²) in [5.41, 5.74) is 6.22. The number of primary amides is 1. The van der Waals surface area contributed by atoms with Crippen LogP contribution in [-0.4, -0.2) is 42.0 Å². The summed E-state index contributed by atoms with van der Waals surface area (Å²) in [6, 6.07) is 6.82. The normalized spacial score (nSPS) is 16.7. The molecule has 1 aromatic heterocycles. The van der Waals surface area contributed by atoms with Gasteiger partial charge >= 0.3 is 0 Å². The van der Waals surface area contributed by atoms with Gasteiger partial charge in [-0.2, -0.15) is 0 Å². The van der Waals surface area contributed by atoms with Gasteiger partial charge in [0.15, 0.2) is 0 Å². The number of hydrogen-bond donors (Lipinski definition) is 1. The molecule has 1 aliphatic heterocycles. The van der Waals surface area contributed by atoms with Crippen molar-refractivity contribution in [3.8, 4) is 0 Å². The van der Waals surface area contributed by atoms with Gasteiger partial charge in [0.25, 0.3) is 0 Å². The van der Waals surface area contributed by atoms with E-state index in [0.717, 1.165) is 6.07 Å². The van der Waals surface area contributed by atoms with Crippen LogP contribution in [0.4, 0.5) is 14.6 Å². The first kappa shape index (κ1) is 17.3. The number of rotatable bonds is 4. The predicted octanol–water partition coefficient (Wildman–Crippen LogP) is 2.34. The van der Waals surface area contributed by atoms with Crippen molar-refractivity contribution in [3.63, 3.8) is 0 Å². The summed E-state index contributed by atoms with van der Waals surface area (Å²) < 4.78 is 27.1. The molecule has 1 amide bonds. The Morgan fingerprint density at radius 3 is 2.52 bits per heavy atom. The van der Waals surface area contributed by atoms with E-state index in [2.05, 4.69) is 14.8 Å². The van der Waals surface area contributed by atoms with Gasteiger partial charge in [0.1, 0.15) is 17.5 Å². The Kier molecular flexibility index (Phi) is 4.94. The second kappa shape index (κ2) is 7.14. The zero-order chi connectivity index (χ0) is 18.0. The standard InChI is InChI=1S/C18H20F2N4O/c1-12(15-3-2-14(19)11-16(15)20)23-6-8-24(9-7-23)17-10-13(18(21)25)4-5-22-17/h2-5,10-12H,6-9H2,1H3,(H2,21,25). The number of nitrogens with zero attached hydrogens (tertiary/aromatic N) is 3. The Morgan fingerprint density at radius 2 is 1.88 bits per heavy atom. The summed E-state index contributed by atoms with van der Waals surface area (Å²) in [6.45, 7) is 4.73. The molecule has 3 rings (SSSR count). The van der Waals surface area contributed by atoms with Gasteiger partial charge in [-0.15, -0.1) is 0 Å². The quantitative estimate of drug-likeness (QED) is 0.923. The molecule has 2 aromatic rings. The Bertz CT molecular complexity index is 775. The lowest BCUT2D eigenvalue weighted by molar-refractivity contribution is 0.1000. The molecule has 2 heterocycles. The molecule has 132 valence electrons. The van der Waals surface area contributed by atoms with Crippen LogP contribution in [-0.2, 0) is 0 Å². The minimum Gasteiger partial charge on any atom is -0.366 e. The fraction of sp³-hybridized carbons (Fsp3) is 0.333. The third-order valence-corrected chi connectivity index (χ3v) is 4.63. The van der Waals surface area contributed by atoms with Gasteiger partial charge in [-0.1, -0.05) is 6.07 Å². The van der Waals surface area contributed by atoms with E-state index in [1.54, 1.807) is 18.3 Å². The number of amides is 1. The maximum absolute atomic E-state index is 14.0. The average molecular weight is 346 g/mol. The summed E-state index contributed by atoms with van der Waals surface area (Å²) >= 11 is 0. The number of anilines is 1. The zero-order valence-electron chi connectivity index (χ0n) is 14.0. The number of piperazine rings is 1. The molecular weight excluding hydrogens is 326 g/mol. The number of aromatic nitrogens is 1. The lowest BCUT2D eigenvalue weighted by Gasteiger charge is -2.38. The monoisotopic (exact) mass is 346 g/mol. The van der Waals surface area contributed by atoms with Gasteiger partial charge < -0.3 is 10.6 Å². The highest BCUT2D eigenvalue weighted by molar-refractivity contribution is 5.93. The van der Waals surface area contributed by atoms with Crippen molar-refractivity contribution in [1.29, 1.82) is 0 Å². The minimum atomic E-state index is -0.571. The third kappa shape index (κ3) is 3.76. The molecule has 5 nitrogen and oxygen atoms in total. The van der Waals surface area contributed by atoms with Crippen molar-refractivity contribution < 1.29 is 13.6 Å². The van der Waals surface area contributed by atoms with Crippen LogP contribution in [0.1, 0.15) is 28.9 Å². The van der Waals surface area contributed by atoms with Gasteiger partial charge in [-0.25, -0.2) is 13.8 Å². The first-order valence-corrected chi connectivity index (χ1v) is 8.15. The molecule has 1 aromatic carbocycles. The Morgan fingerprint density at radius 1 is 1.16 bits per heavy atom. The SMILES string of the molecule is CC(c1ccc(F)cc1F)N1CCN(c2cc(C(N)=O)ccn2)CC1. The summed E-state index contributed by atoms with van der Waals surface area (Å²) in [4.78, 5) is 19.8. The van der Waals surface area contributed by atoms with Crippen molar-refractivity contribution in [2.75, 3.05) is 31.1 Å². The minimum absolute atomic E-state index is 0.146. The van der Waals surface area contributed by atoms with Crippen LogP contribution >= 0.6 is 0 Å². The number of benzene rings is 1. The number of halogens is 2. The smallest absolute Gasteiger partial charge is 0.248 e. The highest BCUT2D eigenvalue weighted by atomic mass is 19.1. The van der Waals surface area contributed by atoms with E-state index >= 15 is 0 Å². The first-order chi connectivity index (χ1) is 12.0. The van der Waals surface area contributed by atoms with Gasteiger partial charge in [0.05, 0.1) is 0 Å². The average Bonchev–Trinajstić information content (AvgIpc) is 2.61. The van der Waals surface area contributed by atoms with E-state index in [1.165, 1.54) is 12.1 Å². The second-order valence-corrected chi connectivity index (χ2v) is 6.13. The number of carbonyl (C=O) groups is 1. The number of carbonyl (C=O) groups excluding carboxylic acids is 1. The van der Waals surface area contributed by atoms with Crippen molar-refractivity contribution in [2.45, 2.75) is 13.0 Å². The topological polar surface area (TPSA) is 62.5 Å². The molecule has 0 bridgehead atoms. The Hall–Kier alpha value is -2.54. The summed E-state index contributed by atoms with van der Waals surface area (Å²) in [5.74, 6) is -0.872. The fourth-order valence-corrected chi connectivity index (χ4v) is 3.12. The molecule has 1 unspecified atom stereocenters. The molecule has 1 atom stereocenters. The van der Waals surface area contributed by atoms with Crippen molar-refractivity contribution >= 4 is 11.7 Å². The van der Waals surface area contributed by atoms with E-state index in [4.69, 9.17) is 5.73 Å². The molecule has 0 spiro atoms. The van der Waals surface area contributed by atoms with Crippen molar-refractivity contribution in [2.24, 2.45) is 5.73 Å². The second-order valence-electron chi connectivity index (χ2n) is 6.13. The van der Waals surface area contributed by atoms with Crippen LogP contribution in [0.2, 0.25) is 0 Å². The number of hydrogen-bond acceptors (Lipinski definition) is 4. The third-order valence-electron chi connectivity index (χ3n) is 4.63. The van der Waals surface area contributed by atoms with Crippen LogP contribution in [0.3, 0.4) is 0 Å². The molecule has 0 radical (unpaired) electrons. The Labute approximate surface area is 145 Å². The maximum Gasteiger partial charge on any atom is 0.248 e. The van der Waals surface area contributed by atoms with Gasteiger partial charge in [-0.3, -0.25) is 9.69 Å².